The van der Waals surface area contributed by atoms with Crippen LogP contribution in [0.2, 0.25) is 0 Å². The summed E-state index contributed by atoms with van der Waals surface area (Å²) >= 11 is 9.34. The second-order valence-corrected chi connectivity index (χ2v) is 24.6. The van der Waals surface area contributed by atoms with E-state index in [2.05, 4.69) is 27.2 Å². The van der Waals surface area contributed by atoms with Crippen LogP contribution in [0, 0.1) is 0 Å². The van der Waals surface area contributed by atoms with E-state index in [-0.39, 0.29) is 37.4 Å². The maximum Gasteiger partial charge on any atom is 0.473 e. The van der Waals surface area contributed by atoms with Crippen molar-refractivity contribution in [3.05, 3.63) is 51.7 Å². The number of aromatic amines is 1. The van der Waals surface area contributed by atoms with Gasteiger partial charge in [0, 0.05) is 58.7 Å². The first-order chi connectivity index (χ1) is 33.0. The number of nitrogens with one attached hydrogen (secondary N) is 1. The SMILES string of the molecule is COC1C(OP(=O)(S)OCC2O[C@@H](n3cnc4c(N)nccc43)C(OC)C2OP(=O)(O)OC2CCOC2COP(=O)(O)OC2CCOC2CO)C(COP(O)(=S)OC(C)C)O[C@H]1n1ccc(=O)[nH]c1=O. The lowest BCUT2D eigenvalue weighted by atomic mass is 10.1. The van der Waals surface area contributed by atoms with E-state index in [0.29, 0.717) is 5.52 Å². The van der Waals surface area contributed by atoms with Crippen molar-refractivity contribution in [2.75, 3.05) is 59.6 Å². The fourth-order valence-electron chi connectivity index (χ4n) is 8.06. The molecule has 7 heterocycles. The molecular weight excluding hydrogens is 1060 g/mol. The molecule has 0 spiro atoms. The molecule has 0 saturated carbocycles. The van der Waals surface area contributed by atoms with E-state index in [1.165, 1.54) is 31.3 Å². The van der Waals surface area contributed by atoms with Crippen LogP contribution in [0.4, 0.5) is 5.82 Å². The zero-order valence-electron chi connectivity index (χ0n) is 37.6. The molecule has 394 valence electrons. The predicted molar refractivity (Wildman–Crippen MR) is 245 cm³/mol. The minimum absolute atomic E-state index is 0.0115. The molecule has 4 fully saturated rings. The Kier molecular flexibility index (Phi) is 18.6. The predicted octanol–water partition coefficient (Wildman–Crippen LogP) is 1.43. The number of H-pyrrole nitrogens is 1. The van der Waals surface area contributed by atoms with Crippen molar-refractivity contribution < 1.29 is 98.1 Å². The van der Waals surface area contributed by atoms with Gasteiger partial charge in [0.25, 0.3) is 5.56 Å². The average molecular weight is 1110 g/mol. The molecule has 0 radical (unpaired) electrons. The summed E-state index contributed by atoms with van der Waals surface area (Å²) in [6.07, 6.45) is -11.6. The Bertz CT molecular complexity index is 2600. The van der Waals surface area contributed by atoms with Crippen molar-refractivity contribution in [3.8, 4) is 0 Å². The Morgan fingerprint density at radius 2 is 1.40 bits per heavy atom. The van der Waals surface area contributed by atoms with Crippen molar-refractivity contribution in [3.63, 3.8) is 0 Å². The molecule has 3 aromatic rings. The largest absolute Gasteiger partial charge is 0.473 e. The van der Waals surface area contributed by atoms with E-state index in [4.69, 9.17) is 82.2 Å². The van der Waals surface area contributed by atoms with Gasteiger partial charge in [0.2, 0.25) is 0 Å². The number of nitrogens with zero attached hydrogens (tertiary/aromatic N) is 4. The van der Waals surface area contributed by atoms with Crippen LogP contribution in [-0.2, 0) is 90.1 Å². The number of hydrogen-bond donors (Lipinski definition) is 7. The fourth-order valence-corrected chi connectivity index (χ4v) is 13.4. The molecule has 7 rings (SSSR count). The number of anilines is 1. The first kappa shape index (κ1) is 55.8. The van der Waals surface area contributed by atoms with Crippen LogP contribution in [0.15, 0.2) is 40.4 Å². The molecule has 70 heavy (non-hydrogen) atoms. The molecule has 3 aromatic heterocycles. The highest BCUT2D eigenvalue weighted by molar-refractivity contribution is 8.44. The van der Waals surface area contributed by atoms with Crippen LogP contribution >= 0.6 is 41.4 Å². The number of phosphoric acid groups is 2. The third kappa shape index (κ3) is 13.7. The van der Waals surface area contributed by atoms with Crippen LogP contribution in [0.3, 0.4) is 0 Å². The number of hydrogen-bond acceptors (Lipinski definition) is 24. The lowest BCUT2D eigenvalue weighted by Gasteiger charge is -2.29. The highest BCUT2D eigenvalue weighted by Gasteiger charge is 2.54. The lowest BCUT2D eigenvalue weighted by molar-refractivity contribution is -0.0616. The van der Waals surface area contributed by atoms with Gasteiger partial charge in [0.1, 0.15) is 66.6 Å². The normalized spacial score (nSPS) is 32.8. The van der Waals surface area contributed by atoms with Crippen molar-refractivity contribution in [2.45, 2.75) is 106 Å². The number of aliphatic hydroxyl groups is 1. The number of methoxy groups -OCH3 is 2. The zero-order valence-corrected chi connectivity index (χ0v) is 42.9. The van der Waals surface area contributed by atoms with Crippen molar-refractivity contribution >= 4 is 70.1 Å². The van der Waals surface area contributed by atoms with Gasteiger partial charge in [-0.05, 0) is 31.7 Å². The molecule has 4 saturated heterocycles. The standard InChI is InChI=1S/C35H54N6O23P4S2/c1-18(2)60-67(49,69)56-16-25-29(31(52-4)33(58-25)40-10-6-26(43)39-35(40)44)64-68(50,70)57-15-24-28(30(51-3)34(59-24)41-17-38-27-19(41)5-9-37-32(27)36)63-66(47,48)62-21-8-12-54-23(21)14-55-65(45,46)61-20-7-11-53-22(20)13-42/h5-6,9-10,17-18,20-25,28-31,33-34,42H,7-8,11-16H2,1-4H3,(H2,36,37)(H,45,46)(H,47,48)(H,49,69)(H,50,70)(H,39,43,44)/t20?,21?,22?,23?,24?,25?,28?,29?,30?,31?,33-,34-,67?,68?/m1/s1. The number of rotatable bonds is 24. The number of aromatic nitrogens is 5. The van der Waals surface area contributed by atoms with Gasteiger partial charge in [-0.15, -0.1) is 0 Å². The molecule has 7 N–H and O–H groups in total. The number of ether oxygens (including phenoxy) is 6. The number of aliphatic hydroxyl groups excluding tert-OH is 1. The van der Waals surface area contributed by atoms with E-state index in [0.717, 1.165) is 16.8 Å². The quantitative estimate of drug-likeness (QED) is 0.0493. The van der Waals surface area contributed by atoms with Gasteiger partial charge < -0.3 is 67.6 Å². The maximum absolute atomic E-state index is 14.3. The molecular formula is C35H54N6O23P4S2. The van der Waals surface area contributed by atoms with Crippen LogP contribution < -0.4 is 17.0 Å². The fraction of sp³-hybridized carbons (Fsp3) is 0.714. The highest BCUT2D eigenvalue weighted by Crippen LogP contribution is 2.58. The second-order valence-electron chi connectivity index (χ2n) is 16.2. The van der Waals surface area contributed by atoms with E-state index in [1.807, 2.05) is 0 Å². The summed E-state index contributed by atoms with van der Waals surface area (Å²) in [5, 5.41) is 9.49. The second kappa shape index (κ2) is 23.3. The minimum Gasteiger partial charge on any atom is -0.394 e. The highest BCUT2D eigenvalue weighted by atomic mass is 32.7. The number of fused-ring (bicyclic) bond motifs is 1. The average Bonchev–Trinajstić information content (AvgIpc) is 4.12. The number of nitrogens with two attached hydrogens (primary N) is 1. The van der Waals surface area contributed by atoms with Gasteiger partial charge >= 0.3 is 34.9 Å². The van der Waals surface area contributed by atoms with Gasteiger partial charge in [-0.3, -0.25) is 41.5 Å². The molecule has 29 nitrogen and oxygen atoms in total. The van der Waals surface area contributed by atoms with Gasteiger partial charge in [-0.1, -0.05) is 12.2 Å². The van der Waals surface area contributed by atoms with E-state index >= 15 is 0 Å². The molecule has 0 aromatic carbocycles. The van der Waals surface area contributed by atoms with Gasteiger partial charge in [-0.25, -0.2) is 28.5 Å². The van der Waals surface area contributed by atoms with E-state index < -0.39 is 146 Å². The summed E-state index contributed by atoms with van der Waals surface area (Å²) in [6.45, 7) is -7.58. The monoisotopic (exact) mass is 1110 g/mol. The smallest absolute Gasteiger partial charge is 0.394 e. The number of nitrogen functional groups attached to an aromatic ring is 1. The Morgan fingerprint density at radius 3 is 2.03 bits per heavy atom. The summed E-state index contributed by atoms with van der Waals surface area (Å²) in [4.78, 5) is 67.7. The molecule has 4 aliphatic rings. The summed E-state index contributed by atoms with van der Waals surface area (Å²) < 4.78 is 123. The van der Waals surface area contributed by atoms with Crippen molar-refractivity contribution in [1.82, 2.24) is 24.1 Å². The Morgan fingerprint density at radius 1 is 0.814 bits per heavy atom. The molecule has 0 bridgehead atoms. The third-order valence-corrected chi connectivity index (χ3v) is 16.5. The topological polar surface area (TPSA) is 373 Å². The van der Waals surface area contributed by atoms with Gasteiger partial charge in [0.15, 0.2) is 18.3 Å². The minimum atomic E-state index is -5.23. The Balaban J connectivity index is 1.10. The molecule has 0 amide bonds. The summed E-state index contributed by atoms with van der Waals surface area (Å²) in [5.41, 5.74) is 5.14. The molecule has 0 aliphatic carbocycles. The van der Waals surface area contributed by atoms with E-state index in [1.54, 1.807) is 19.9 Å². The molecule has 4 aliphatic heterocycles. The number of thiol groups is 1. The van der Waals surface area contributed by atoms with Gasteiger partial charge in [0.05, 0.1) is 44.4 Å². The van der Waals surface area contributed by atoms with Crippen molar-refractivity contribution in [2.24, 2.45) is 0 Å². The number of phosphoric ester groups is 2. The van der Waals surface area contributed by atoms with Crippen LogP contribution in [0.25, 0.3) is 11.0 Å². The van der Waals surface area contributed by atoms with E-state index in [9.17, 15) is 43.1 Å². The first-order valence-electron chi connectivity index (χ1n) is 21.3. The third-order valence-electron chi connectivity index (χ3n) is 11.1. The first-order valence-corrected chi connectivity index (χ1v) is 29.6. The summed E-state index contributed by atoms with van der Waals surface area (Å²) in [5.74, 6) is 0.0778. The molecule has 35 heteroatoms. The Labute approximate surface area is 408 Å². The van der Waals surface area contributed by atoms with Crippen molar-refractivity contribution in [1.29, 1.82) is 0 Å². The number of pyridine rings is 1. The summed E-state index contributed by atoms with van der Waals surface area (Å²) in [7, 11) is -7.49. The Hall–Kier alpha value is -1.93. The van der Waals surface area contributed by atoms with Crippen LogP contribution in [0.1, 0.15) is 39.1 Å². The molecule has 14 unspecified atom stereocenters. The maximum atomic E-state index is 14.3. The zero-order chi connectivity index (χ0) is 50.8. The van der Waals surface area contributed by atoms with Crippen LogP contribution in [-0.4, -0.2) is 165 Å². The van der Waals surface area contributed by atoms with Gasteiger partial charge in [-0.2, -0.15) is 0 Å². The molecule has 16 atom stereocenters. The number of imidazole rings is 1. The van der Waals surface area contributed by atoms with Crippen LogP contribution in [0.5, 0.6) is 0 Å². The summed E-state index contributed by atoms with van der Waals surface area (Å²) in [6, 6.07) is 2.62. The lowest BCUT2D eigenvalue weighted by Crippen LogP contribution is -2.40.